The van der Waals surface area contributed by atoms with Crippen LogP contribution in [0.4, 0.5) is 5.69 Å². The van der Waals surface area contributed by atoms with Gasteiger partial charge in [-0.2, -0.15) is 0 Å². The van der Waals surface area contributed by atoms with E-state index in [9.17, 15) is 30.5 Å². The summed E-state index contributed by atoms with van der Waals surface area (Å²) in [6.07, 6.45) is -5.79. The molecular weight excluding hydrogens is 336 g/mol. The Morgan fingerprint density at radius 3 is 2.64 bits per heavy atom. The zero-order chi connectivity index (χ0) is 18.1. The first-order chi connectivity index (χ1) is 11.9. The van der Waals surface area contributed by atoms with Crippen LogP contribution >= 0.6 is 0 Å². The maximum atomic E-state index is 11.1. The van der Waals surface area contributed by atoms with Crippen LogP contribution in [0.5, 0.6) is 5.75 Å². The molecule has 5 atom stereocenters. The van der Waals surface area contributed by atoms with E-state index in [1.54, 1.807) is 0 Å². The van der Waals surface area contributed by atoms with Crippen LogP contribution in [0.3, 0.4) is 0 Å². The van der Waals surface area contributed by atoms with Crippen molar-refractivity contribution in [2.45, 2.75) is 30.7 Å². The molecule has 2 heterocycles. The Morgan fingerprint density at radius 2 is 1.96 bits per heavy atom. The first-order valence-corrected chi connectivity index (χ1v) is 7.43. The van der Waals surface area contributed by atoms with Gasteiger partial charge in [-0.05, 0) is 18.2 Å². The fourth-order valence-corrected chi connectivity index (χ4v) is 2.68. The van der Waals surface area contributed by atoms with Gasteiger partial charge in [0, 0.05) is 12.3 Å². The highest BCUT2D eigenvalue weighted by Crippen LogP contribution is 2.33. The second-order valence-electron chi connectivity index (χ2n) is 5.55. The third-order valence-corrected chi connectivity index (χ3v) is 4.00. The van der Waals surface area contributed by atoms with Crippen LogP contribution in [0, 0.1) is 10.1 Å². The van der Waals surface area contributed by atoms with Crippen molar-refractivity contribution in [3.63, 3.8) is 0 Å². The number of nitrogens with zero attached hydrogens (tertiary/aromatic N) is 2. The van der Waals surface area contributed by atoms with Crippen LogP contribution in [0.2, 0.25) is 0 Å². The van der Waals surface area contributed by atoms with E-state index in [0.29, 0.717) is 0 Å². The molecule has 0 radical (unpaired) electrons. The smallest absolute Gasteiger partial charge is 0.279 e. The Hall–Kier alpha value is -2.37. The fraction of sp³-hybridized carbons (Fsp3) is 0.400. The van der Waals surface area contributed by atoms with Crippen LogP contribution in [0.15, 0.2) is 30.5 Å². The van der Waals surface area contributed by atoms with E-state index in [1.807, 2.05) is 0 Å². The number of aliphatic hydroxyl groups excluding tert-OH is 4. The van der Waals surface area contributed by atoms with Crippen LogP contribution in [0.1, 0.15) is 0 Å². The summed E-state index contributed by atoms with van der Waals surface area (Å²) in [6, 6.07) is 5.56. The molecule has 3 rings (SSSR count). The van der Waals surface area contributed by atoms with E-state index in [-0.39, 0.29) is 22.3 Å². The number of hydrogen-bond donors (Lipinski definition) is 4. The number of pyridine rings is 1. The molecule has 0 unspecified atom stereocenters. The van der Waals surface area contributed by atoms with Gasteiger partial charge in [-0.15, -0.1) is 0 Å². The second kappa shape index (κ2) is 6.86. The predicted octanol–water partition coefficient (Wildman–Crippen LogP) is -0.678. The molecule has 25 heavy (non-hydrogen) atoms. The van der Waals surface area contributed by atoms with E-state index < -0.39 is 42.2 Å². The molecule has 134 valence electrons. The van der Waals surface area contributed by atoms with Gasteiger partial charge in [0.2, 0.25) is 6.29 Å². The van der Waals surface area contributed by atoms with Crippen molar-refractivity contribution in [1.82, 2.24) is 4.98 Å². The Labute approximate surface area is 141 Å². The molecule has 1 aromatic carbocycles. The van der Waals surface area contributed by atoms with Crippen LogP contribution < -0.4 is 4.74 Å². The number of non-ortho nitro benzene ring substituents is 1. The molecular formula is C15H16N2O8. The van der Waals surface area contributed by atoms with Gasteiger partial charge in [0.1, 0.15) is 35.7 Å². The number of rotatable bonds is 4. The van der Waals surface area contributed by atoms with Crippen molar-refractivity contribution in [3.05, 3.63) is 40.6 Å². The van der Waals surface area contributed by atoms with Crippen LogP contribution in [-0.2, 0) is 4.74 Å². The van der Waals surface area contributed by atoms with E-state index >= 15 is 0 Å². The molecule has 0 aliphatic carbocycles. The minimum absolute atomic E-state index is 0.0885. The molecule has 1 fully saturated rings. The van der Waals surface area contributed by atoms with Gasteiger partial charge in [-0.25, -0.2) is 0 Å². The Bertz CT molecular complexity index is 783. The molecule has 1 aromatic heterocycles. The number of benzene rings is 1. The molecule has 1 saturated heterocycles. The SMILES string of the molecule is O=[N+]([O-])c1ccc(O[C@H]2O[C@H](CO)[C@H](O)[C@H](O)[C@H]2O)c2ncccc12. The van der Waals surface area contributed by atoms with Gasteiger partial charge in [0.25, 0.3) is 5.69 Å². The number of nitro benzene ring substituents is 1. The Morgan fingerprint density at radius 1 is 1.20 bits per heavy atom. The molecule has 2 aromatic rings. The molecule has 0 spiro atoms. The number of ether oxygens (including phenoxy) is 2. The summed E-state index contributed by atoms with van der Waals surface area (Å²) >= 11 is 0. The normalized spacial score (nSPS) is 29.5. The topological polar surface area (TPSA) is 155 Å². The lowest BCUT2D eigenvalue weighted by atomic mass is 9.99. The molecule has 1 aliphatic rings. The summed E-state index contributed by atoms with van der Waals surface area (Å²) in [5.74, 6) is 0.0885. The maximum Gasteiger partial charge on any atom is 0.279 e. The quantitative estimate of drug-likeness (QED) is 0.413. The minimum atomic E-state index is -1.59. The number of aromatic nitrogens is 1. The predicted molar refractivity (Wildman–Crippen MR) is 82.8 cm³/mol. The molecule has 0 bridgehead atoms. The van der Waals surface area contributed by atoms with E-state index in [4.69, 9.17) is 9.47 Å². The van der Waals surface area contributed by atoms with Crippen molar-refractivity contribution in [2.24, 2.45) is 0 Å². The van der Waals surface area contributed by atoms with E-state index in [0.717, 1.165) is 0 Å². The van der Waals surface area contributed by atoms with Crippen molar-refractivity contribution in [2.75, 3.05) is 6.61 Å². The average Bonchev–Trinajstić information content (AvgIpc) is 2.62. The molecule has 10 nitrogen and oxygen atoms in total. The van der Waals surface area contributed by atoms with Gasteiger partial charge in [-0.3, -0.25) is 15.1 Å². The van der Waals surface area contributed by atoms with Crippen molar-refractivity contribution in [3.8, 4) is 5.75 Å². The molecule has 1 aliphatic heterocycles. The zero-order valence-corrected chi connectivity index (χ0v) is 12.8. The summed E-state index contributed by atoms with van der Waals surface area (Å²) < 4.78 is 10.8. The number of fused-ring (bicyclic) bond motifs is 1. The van der Waals surface area contributed by atoms with Crippen molar-refractivity contribution in [1.29, 1.82) is 0 Å². The Kier molecular flexibility index (Phi) is 4.79. The first-order valence-electron chi connectivity index (χ1n) is 7.43. The third-order valence-electron chi connectivity index (χ3n) is 4.00. The van der Waals surface area contributed by atoms with E-state index in [2.05, 4.69) is 4.98 Å². The summed E-state index contributed by atoms with van der Waals surface area (Å²) in [5, 5.41) is 50.1. The summed E-state index contributed by atoms with van der Waals surface area (Å²) in [5.41, 5.74) is 0.0120. The fourth-order valence-electron chi connectivity index (χ4n) is 2.68. The van der Waals surface area contributed by atoms with Crippen molar-refractivity contribution < 1.29 is 34.8 Å². The highest BCUT2D eigenvalue weighted by atomic mass is 16.7. The standard InChI is InChI=1S/C15H16N2O8/c18-6-10-12(19)13(20)14(21)15(25-10)24-9-4-3-8(17(22)23)7-2-1-5-16-11(7)9/h1-5,10,12-15,18-21H,6H2/t10-,12+,13+,14-,15+/m1/s1. The summed E-state index contributed by atoms with van der Waals surface area (Å²) in [7, 11) is 0. The number of hydrogen-bond acceptors (Lipinski definition) is 9. The minimum Gasteiger partial charge on any atom is -0.460 e. The van der Waals surface area contributed by atoms with Gasteiger partial charge in [0.05, 0.1) is 16.9 Å². The molecule has 10 heteroatoms. The van der Waals surface area contributed by atoms with Gasteiger partial charge >= 0.3 is 0 Å². The highest BCUT2D eigenvalue weighted by Gasteiger charge is 2.44. The van der Waals surface area contributed by atoms with E-state index in [1.165, 1.54) is 30.5 Å². The average molecular weight is 352 g/mol. The lowest BCUT2D eigenvalue weighted by Crippen LogP contribution is -2.60. The molecule has 0 amide bonds. The van der Waals surface area contributed by atoms with Gasteiger partial charge in [-0.1, -0.05) is 0 Å². The maximum absolute atomic E-state index is 11.1. The lowest BCUT2D eigenvalue weighted by molar-refractivity contribution is -0.383. The molecule has 4 N–H and O–H groups in total. The largest absolute Gasteiger partial charge is 0.460 e. The number of nitro groups is 1. The van der Waals surface area contributed by atoms with Crippen molar-refractivity contribution >= 4 is 16.6 Å². The highest BCUT2D eigenvalue weighted by molar-refractivity contribution is 5.92. The third kappa shape index (κ3) is 3.13. The van der Waals surface area contributed by atoms with Gasteiger partial charge < -0.3 is 29.9 Å². The second-order valence-corrected chi connectivity index (χ2v) is 5.55. The number of aliphatic hydroxyl groups is 4. The summed E-state index contributed by atoms with van der Waals surface area (Å²) in [4.78, 5) is 14.6. The molecule has 0 saturated carbocycles. The first kappa shape index (κ1) is 17.5. The Balaban J connectivity index is 1.95. The van der Waals surface area contributed by atoms with Gasteiger partial charge in [0.15, 0.2) is 0 Å². The monoisotopic (exact) mass is 352 g/mol. The summed E-state index contributed by atoms with van der Waals surface area (Å²) in [6.45, 7) is -0.593. The zero-order valence-electron chi connectivity index (χ0n) is 12.8. The van der Waals surface area contributed by atoms with Crippen LogP contribution in [0.25, 0.3) is 10.9 Å². The lowest BCUT2D eigenvalue weighted by Gasteiger charge is -2.39. The van der Waals surface area contributed by atoms with Crippen LogP contribution in [-0.4, -0.2) is 67.6 Å².